The molecule has 0 unspecified atom stereocenters. The summed E-state index contributed by atoms with van der Waals surface area (Å²) in [5.41, 5.74) is 13.1. The van der Waals surface area contributed by atoms with Crippen molar-refractivity contribution in [3.05, 3.63) is 203 Å². The van der Waals surface area contributed by atoms with Gasteiger partial charge in [-0.25, -0.2) is 4.99 Å². The van der Waals surface area contributed by atoms with E-state index in [2.05, 4.69) is 126 Å². The van der Waals surface area contributed by atoms with Crippen LogP contribution in [0.3, 0.4) is 0 Å². The van der Waals surface area contributed by atoms with Crippen LogP contribution in [0.5, 0.6) is 11.5 Å². The first-order valence-corrected chi connectivity index (χ1v) is 16.2. The molecule has 1 heterocycles. The molecule has 0 saturated heterocycles. The summed E-state index contributed by atoms with van der Waals surface area (Å²) < 4.78 is 6.50. The predicted molar refractivity (Wildman–Crippen MR) is 196 cm³/mol. The van der Waals surface area contributed by atoms with Crippen molar-refractivity contribution in [3.8, 4) is 44.9 Å². The van der Waals surface area contributed by atoms with Gasteiger partial charge in [0.1, 0.15) is 11.5 Å². The monoisotopic (exact) mass is 614 g/mol. The summed E-state index contributed by atoms with van der Waals surface area (Å²) in [4.78, 5) is 4.41. The number of rotatable bonds is 4. The fourth-order valence-corrected chi connectivity index (χ4v) is 7.49. The van der Waals surface area contributed by atoms with E-state index in [0.717, 1.165) is 39.3 Å². The molecule has 7 aromatic carbocycles. The summed E-state index contributed by atoms with van der Waals surface area (Å²) in [6, 6.07) is 59.4. The molecule has 1 aliphatic carbocycles. The number of benzene rings is 7. The molecule has 48 heavy (non-hydrogen) atoms. The minimum Gasteiger partial charge on any atom is -0.457 e. The first-order valence-electron chi connectivity index (χ1n) is 16.2. The largest absolute Gasteiger partial charge is 0.457 e. The van der Waals surface area contributed by atoms with E-state index in [1.54, 1.807) is 6.21 Å². The molecule has 226 valence electrons. The fourth-order valence-electron chi connectivity index (χ4n) is 7.49. The van der Waals surface area contributed by atoms with Crippen molar-refractivity contribution in [2.45, 2.75) is 5.41 Å². The Hall–Kier alpha value is -6.32. The normalized spacial score (nSPS) is 13.3. The maximum Gasteiger partial charge on any atom is 0.151 e. The van der Waals surface area contributed by atoms with Crippen molar-refractivity contribution in [2.75, 3.05) is 0 Å². The SMILES string of the molecule is N=C(/N=C/c1ccccc1)c1cccc(-c2ccc(-c3ccc4c(c3)C3(c5ccccc5Oc5ccccc53)c3ccccc3-4)cc2)c1. The third-order valence-corrected chi connectivity index (χ3v) is 9.68. The molecule has 0 atom stereocenters. The zero-order valence-electron chi connectivity index (χ0n) is 26.1. The van der Waals surface area contributed by atoms with Gasteiger partial charge in [-0.15, -0.1) is 0 Å². The van der Waals surface area contributed by atoms with Crippen LogP contribution in [0.2, 0.25) is 0 Å². The molecule has 0 aromatic heterocycles. The van der Waals surface area contributed by atoms with Crippen molar-refractivity contribution in [3.63, 3.8) is 0 Å². The van der Waals surface area contributed by atoms with E-state index in [9.17, 15) is 0 Å². The van der Waals surface area contributed by atoms with Crippen LogP contribution in [0, 0.1) is 5.41 Å². The molecule has 0 fully saturated rings. The second kappa shape index (κ2) is 11.2. The summed E-state index contributed by atoms with van der Waals surface area (Å²) in [5.74, 6) is 2.03. The molecular weight excluding hydrogens is 585 g/mol. The average molecular weight is 615 g/mol. The van der Waals surface area contributed by atoms with Gasteiger partial charge in [0.2, 0.25) is 0 Å². The van der Waals surface area contributed by atoms with Crippen molar-refractivity contribution in [2.24, 2.45) is 4.99 Å². The predicted octanol–water partition coefficient (Wildman–Crippen LogP) is 10.9. The number of nitrogens with zero attached hydrogens (tertiary/aromatic N) is 1. The summed E-state index contributed by atoms with van der Waals surface area (Å²) >= 11 is 0. The fraction of sp³-hybridized carbons (Fsp3) is 0.0222. The average Bonchev–Trinajstić information content (AvgIpc) is 3.44. The first-order chi connectivity index (χ1) is 23.7. The van der Waals surface area contributed by atoms with E-state index in [4.69, 9.17) is 10.1 Å². The van der Waals surface area contributed by atoms with Gasteiger partial charge in [0, 0.05) is 22.9 Å². The standard InChI is InChI=1S/C45H30N2O/c46-44(47-29-30-11-2-1-3-12-30)35-14-10-13-33(27-35)31-21-23-32(24-22-31)34-25-26-37-36-15-4-5-16-38(36)45(41(37)28-34)39-17-6-8-19-42(39)48-43-20-9-7-18-40(43)45/h1-29,46H/b46-44?,47-29+. The van der Waals surface area contributed by atoms with Crippen molar-refractivity contribution < 1.29 is 4.74 Å². The van der Waals surface area contributed by atoms with Crippen LogP contribution >= 0.6 is 0 Å². The molecule has 1 aliphatic heterocycles. The highest BCUT2D eigenvalue weighted by molar-refractivity contribution is 6.04. The van der Waals surface area contributed by atoms with E-state index >= 15 is 0 Å². The smallest absolute Gasteiger partial charge is 0.151 e. The maximum absolute atomic E-state index is 8.56. The molecule has 3 heteroatoms. The molecule has 7 aromatic rings. The third-order valence-electron chi connectivity index (χ3n) is 9.68. The second-order valence-corrected chi connectivity index (χ2v) is 12.3. The Morgan fingerprint density at radius 2 is 1.04 bits per heavy atom. The molecule has 0 amide bonds. The Bertz CT molecular complexity index is 2340. The summed E-state index contributed by atoms with van der Waals surface area (Å²) in [7, 11) is 0. The highest BCUT2D eigenvalue weighted by atomic mass is 16.5. The summed E-state index contributed by atoms with van der Waals surface area (Å²) in [5, 5.41) is 8.56. The Kier molecular flexibility index (Phi) is 6.51. The van der Waals surface area contributed by atoms with Gasteiger partial charge >= 0.3 is 0 Å². The molecule has 0 bridgehead atoms. The van der Waals surface area contributed by atoms with Crippen LogP contribution in [-0.4, -0.2) is 12.1 Å². The van der Waals surface area contributed by atoms with Gasteiger partial charge in [0.15, 0.2) is 5.84 Å². The molecule has 1 spiro atoms. The van der Waals surface area contributed by atoms with Crippen LogP contribution in [-0.2, 0) is 5.41 Å². The quantitative estimate of drug-likeness (QED) is 0.156. The number of aliphatic imine (C=N–C) groups is 1. The van der Waals surface area contributed by atoms with E-state index < -0.39 is 5.41 Å². The number of hydrogen-bond donors (Lipinski definition) is 1. The summed E-state index contributed by atoms with van der Waals surface area (Å²) in [6.07, 6.45) is 1.74. The Morgan fingerprint density at radius 3 is 1.75 bits per heavy atom. The van der Waals surface area contributed by atoms with E-state index in [1.165, 1.54) is 38.9 Å². The van der Waals surface area contributed by atoms with E-state index in [1.807, 2.05) is 48.5 Å². The zero-order chi connectivity index (χ0) is 32.1. The zero-order valence-corrected chi connectivity index (χ0v) is 26.1. The number of fused-ring (bicyclic) bond motifs is 9. The van der Waals surface area contributed by atoms with E-state index in [0.29, 0.717) is 0 Å². The second-order valence-electron chi connectivity index (χ2n) is 12.3. The van der Waals surface area contributed by atoms with Crippen molar-refractivity contribution in [1.29, 1.82) is 5.41 Å². The van der Waals surface area contributed by atoms with Gasteiger partial charge in [0.25, 0.3) is 0 Å². The van der Waals surface area contributed by atoms with Crippen LogP contribution in [0.4, 0.5) is 0 Å². The van der Waals surface area contributed by atoms with Crippen LogP contribution in [0.15, 0.2) is 175 Å². The van der Waals surface area contributed by atoms with Crippen LogP contribution < -0.4 is 4.74 Å². The Balaban J connectivity index is 1.11. The molecule has 0 saturated carbocycles. The number of amidine groups is 1. The van der Waals surface area contributed by atoms with Crippen molar-refractivity contribution in [1.82, 2.24) is 0 Å². The number of para-hydroxylation sites is 2. The maximum atomic E-state index is 8.56. The lowest BCUT2D eigenvalue weighted by atomic mass is 9.66. The number of nitrogens with one attached hydrogen (secondary N) is 1. The Morgan fingerprint density at radius 1 is 0.479 bits per heavy atom. The highest BCUT2D eigenvalue weighted by Crippen LogP contribution is 2.62. The third kappa shape index (κ3) is 4.36. The molecule has 1 N–H and O–H groups in total. The van der Waals surface area contributed by atoms with Gasteiger partial charge in [0.05, 0.1) is 5.41 Å². The topological polar surface area (TPSA) is 45.4 Å². The van der Waals surface area contributed by atoms with Gasteiger partial charge in [-0.1, -0.05) is 146 Å². The molecule has 2 aliphatic rings. The van der Waals surface area contributed by atoms with Gasteiger partial charge < -0.3 is 4.74 Å². The molecular formula is C45H30N2O. The van der Waals surface area contributed by atoms with Crippen molar-refractivity contribution >= 4 is 12.1 Å². The first kappa shape index (κ1) is 27.9. The van der Waals surface area contributed by atoms with Crippen LogP contribution in [0.1, 0.15) is 33.4 Å². The lowest BCUT2D eigenvalue weighted by Crippen LogP contribution is -2.32. The Labute approximate surface area is 280 Å². The molecule has 9 rings (SSSR count). The number of hydrogen-bond acceptors (Lipinski definition) is 2. The minimum absolute atomic E-state index is 0.238. The highest BCUT2D eigenvalue weighted by Gasteiger charge is 2.50. The summed E-state index contributed by atoms with van der Waals surface area (Å²) in [6.45, 7) is 0. The molecule has 0 radical (unpaired) electrons. The number of ether oxygens (including phenoxy) is 1. The molecule has 3 nitrogen and oxygen atoms in total. The van der Waals surface area contributed by atoms with Crippen LogP contribution in [0.25, 0.3) is 33.4 Å². The van der Waals surface area contributed by atoms with Gasteiger partial charge in [-0.2, -0.15) is 0 Å². The van der Waals surface area contributed by atoms with Gasteiger partial charge in [-0.05, 0) is 74.3 Å². The minimum atomic E-state index is -0.485. The van der Waals surface area contributed by atoms with E-state index in [-0.39, 0.29) is 5.84 Å². The van der Waals surface area contributed by atoms with Gasteiger partial charge in [-0.3, -0.25) is 5.41 Å². The lowest BCUT2D eigenvalue weighted by molar-refractivity contribution is 0.436. The lowest BCUT2D eigenvalue weighted by Gasteiger charge is -2.39.